The number of aryl methyl sites for hydroxylation is 2. The third kappa shape index (κ3) is 3.52. The van der Waals surface area contributed by atoms with E-state index >= 15 is 0 Å². The number of anilines is 1. The lowest BCUT2D eigenvalue weighted by Crippen LogP contribution is -2.48. The Bertz CT molecular complexity index is 684. The fourth-order valence-electron chi connectivity index (χ4n) is 3.08. The molecule has 1 fully saturated rings. The summed E-state index contributed by atoms with van der Waals surface area (Å²) in [6, 6.07) is 12.3. The zero-order chi connectivity index (χ0) is 16.4. The third-order valence-electron chi connectivity index (χ3n) is 4.23. The van der Waals surface area contributed by atoms with Crippen LogP contribution < -0.4 is 4.90 Å². The molecule has 0 aliphatic carbocycles. The first-order chi connectivity index (χ1) is 11.0. The van der Waals surface area contributed by atoms with Gasteiger partial charge in [0.1, 0.15) is 5.82 Å². The highest BCUT2D eigenvalue weighted by Gasteiger charge is 2.22. The van der Waals surface area contributed by atoms with Crippen LogP contribution in [0.1, 0.15) is 21.5 Å². The molecule has 120 valence electrons. The van der Waals surface area contributed by atoms with E-state index in [0.29, 0.717) is 18.7 Å². The molecular formula is C19H21FN2O. The number of nitrogens with zero attached hydrogens (tertiary/aromatic N) is 2. The van der Waals surface area contributed by atoms with Gasteiger partial charge in [-0.05, 0) is 61.4 Å². The number of hydrogen-bond acceptors (Lipinski definition) is 2. The Hall–Kier alpha value is -2.36. The molecule has 0 spiro atoms. The molecule has 1 aliphatic rings. The van der Waals surface area contributed by atoms with Gasteiger partial charge in [-0.2, -0.15) is 0 Å². The van der Waals surface area contributed by atoms with Crippen molar-refractivity contribution in [3.63, 3.8) is 0 Å². The Labute approximate surface area is 136 Å². The molecule has 0 atom stereocenters. The van der Waals surface area contributed by atoms with E-state index in [1.807, 2.05) is 4.90 Å². The number of benzene rings is 2. The van der Waals surface area contributed by atoms with Crippen LogP contribution in [-0.2, 0) is 0 Å². The van der Waals surface area contributed by atoms with Crippen LogP contribution in [0.25, 0.3) is 0 Å². The van der Waals surface area contributed by atoms with E-state index in [4.69, 9.17) is 0 Å². The SMILES string of the molecule is Cc1cc(C)cc(N2CCN(C(=O)c3ccc(F)cc3)CC2)c1. The zero-order valence-electron chi connectivity index (χ0n) is 13.6. The standard InChI is InChI=1S/C19H21FN2O/c1-14-11-15(2)13-18(12-14)21-7-9-22(10-8-21)19(23)16-3-5-17(20)6-4-16/h3-6,11-13H,7-10H2,1-2H3. The van der Waals surface area contributed by atoms with Crippen molar-refractivity contribution >= 4 is 11.6 Å². The van der Waals surface area contributed by atoms with Crippen molar-refractivity contribution in [3.05, 3.63) is 65.0 Å². The lowest BCUT2D eigenvalue weighted by molar-refractivity contribution is 0.0746. The van der Waals surface area contributed by atoms with Crippen LogP contribution in [0, 0.1) is 19.7 Å². The number of carbonyl (C=O) groups excluding carboxylic acids is 1. The molecule has 1 aliphatic heterocycles. The Morgan fingerprint density at radius 2 is 1.48 bits per heavy atom. The molecule has 0 unspecified atom stereocenters. The summed E-state index contributed by atoms with van der Waals surface area (Å²) in [5, 5.41) is 0. The number of piperazine rings is 1. The predicted octanol–water partition coefficient (Wildman–Crippen LogP) is 3.40. The number of carbonyl (C=O) groups is 1. The summed E-state index contributed by atoms with van der Waals surface area (Å²) >= 11 is 0. The van der Waals surface area contributed by atoms with Crippen LogP contribution in [0.3, 0.4) is 0 Å². The lowest BCUT2D eigenvalue weighted by atomic mass is 10.1. The van der Waals surface area contributed by atoms with E-state index in [0.717, 1.165) is 13.1 Å². The highest BCUT2D eigenvalue weighted by Crippen LogP contribution is 2.21. The van der Waals surface area contributed by atoms with Gasteiger partial charge >= 0.3 is 0 Å². The molecule has 1 saturated heterocycles. The van der Waals surface area contributed by atoms with Crippen molar-refractivity contribution in [2.75, 3.05) is 31.1 Å². The quantitative estimate of drug-likeness (QED) is 0.848. The van der Waals surface area contributed by atoms with Gasteiger partial charge < -0.3 is 9.80 Å². The van der Waals surface area contributed by atoms with E-state index in [1.165, 1.54) is 28.9 Å². The molecule has 3 rings (SSSR count). The third-order valence-corrected chi connectivity index (χ3v) is 4.23. The first-order valence-corrected chi connectivity index (χ1v) is 7.91. The Kier molecular flexibility index (Phi) is 4.33. The van der Waals surface area contributed by atoms with Gasteiger partial charge in [0.05, 0.1) is 0 Å². The minimum Gasteiger partial charge on any atom is -0.368 e. The number of amides is 1. The van der Waals surface area contributed by atoms with Crippen molar-refractivity contribution < 1.29 is 9.18 Å². The van der Waals surface area contributed by atoms with Gasteiger partial charge in [0.2, 0.25) is 0 Å². The molecule has 1 heterocycles. The second-order valence-corrected chi connectivity index (χ2v) is 6.13. The molecule has 3 nitrogen and oxygen atoms in total. The van der Waals surface area contributed by atoms with Crippen molar-refractivity contribution in [1.29, 1.82) is 0 Å². The zero-order valence-corrected chi connectivity index (χ0v) is 13.6. The molecule has 1 amide bonds. The summed E-state index contributed by atoms with van der Waals surface area (Å²) in [5.41, 5.74) is 4.28. The average molecular weight is 312 g/mol. The Morgan fingerprint density at radius 1 is 0.913 bits per heavy atom. The average Bonchev–Trinajstić information content (AvgIpc) is 2.54. The summed E-state index contributed by atoms with van der Waals surface area (Å²) in [6.07, 6.45) is 0. The van der Waals surface area contributed by atoms with Crippen LogP contribution >= 0.6 is 0 Å². The highest BCUT2D eigenvalue weighted by atomic mass is 19.1. The van der Waals surface area contributed by atoms with Crippen LogP contribution in [0.4, 0.5) is 10.1 Å². The summed E-state index contributed by atoms with van der Waals surface area (Å²) in [6.45, 7) is 7.20. The van der Waals surface area contributed by atoms with Gasteiger partial charge in [-0.15, -0.1) is 0 Å². The number of rotatable bonds is 2. The molecular weight excluding hydrogens is 291 g/mol. The topological polar surface area (TPSA) is 23.6 Å². The molecule has 0 bridgehead atoms. The van der Waals surface area contributed by atoms with Gasteiger partial charge in [0.15, 0.2) is 0 Å². The fourth-order valence-corrected chi connectivity index (χ4v) is 3.08. The van der Waals surface area contributed by atoms with Gasteiger partial charge in [-0.1, -0.05) is 6.07 Å². The normalized spacial score (nSPS) is 14.9. The summed E-state index contributed by atoms with van der Waals surface area (Å²) in [7, 11) is 0. The van der Waals surface area contributed by atoms with Gasteiger partial charge in [-0.3, -0.25) is 4.79 Å². The summed E-state index contributed by atoms with van der Waals surface area (Å²) in [4.78, 5) is 16.6. The highest BCUT2D eigenvalue weighted by molar-refractivity contribution is 5.94. The van der Waals surface area contributed by atoms with Gasteiger partial charge in [0.25, 0.3) is 5.91 Å². The number of hydrogen-bond donors (Lipinski definition) is 0. The summed E-state index contributed by atoms with van der Waals surface area (Å²) < 4.78 is 13.0. The van der Waals surface area contributed by atoms with Gasteiger partial charge in [-0.25, -0.2) is 4.39 Å². The maximum Gasteiger partial charge on any atom is 0.253 e. The molecule has 0 N–H and O–H groups in total. The first kappa shape index (κ1) is 15.5. The maximum absolute atomic E-state index is 13.0. The molecule has 0 saturated carbocycles. The smallest absolute Gasteiger partial charge is 0.253 e. The lowest BCUT2D eigenvalue weighted by Gasteiger charge is -2.36. The van der Waals surface area contributed by atoms with E-state index < -0.39 is 0 Å². The van der Waals surface area contributed by atoms with E-state index in [2.05, 4.69) is 36.9 Å². The largest absolute Gasteiger partial charge is 0.368 e. The minimum absolute atomic E-state index is 0.0231. The Balaban J connectivity index is 1.66. The Morgan fingerprint density at radius 3 is 2.04 bits per heavy atom. The fraction of sp³-hybridized carbons (Fsp3) is 0.316. The van der Waals surface area contributed by atoms with Crippen LogP contribution in [0.5, 0.6) is 0 Å². The summed E-state index contributed by atoms with van der Waals surface area (Å²) in [5.74, 6) is -0.341. The number of halogens is 1. The van der Waals surface area contributed by atoms with Crippen LogP contribution in [0.15, 0.2) is 42.5 Å². The van der Waals surface area contributed by atoms with E-state index in [-0.39, 0.29) is 11.7 Å². The molecule has 2 aromatic carbocycles. The van der Waals surface area contributed by atoms with E-state index in [1.54, 1.807) is 12.1 Å². The molecule has 0 radical (unpaired) electrons. The van der Waals surface area contributed by atoms with Gasteiger partial charge in [0, 0.05) is 37.4 Å². The van der Waals surface area contributed by atoms with Crippen LogP contribution in [-0.4, -0.2) is 37.0 Å². The first-order valence-electron chi connectivity index (χ1n) is 7.91. The molecule has 23 heavy (non-hydrogen) atoms. The van der Waals surface area contributed by atoms with Crippen molar-refractivity contribution in [1.82, 2.24) is 4.90 Å². The minimum atomic E-state index is -0.318. The second kappa shape index (κ2) is 6.41. The van der Waals surface area contributed by atoms with Crippen molar-refractivity contribution in [2.24, 2.45) is 0 Å². The second-order valence-electron chi connectivity index (χ2n) is 6.13. The van der Waals surface area contributed by atoms with Crippen molar-refractivity contribution in [2.45, 2.75) is 13.8 Å². The maximum atomic E-state index is 13.0. The molecule has 0 aromatic heterocycles. The molecule has 4 heteroatoms. The molecule has 2 aromatic rings. The van der Waals surface area contributed by atoms with Crippen molar-refractivity contribution in [3.8, 4) is 0 Å². The predicted molar refractivity (Wildman–Crippen MR) is 90.4 cm³/mol. The van der Waals surface area contributed by atoms with E-state index in [9.17, 15) is 9.18 Å². The monoisotopic (exact) mass is 312 g/mol. The van der Waals surface area contributed by atoms with Crippen LogP contribution in [0.2, 0.25) is 0 Å².